The van der Waals surface area contributed by atoms with E-state index in [4.69, 9.17) is 0 Å². The number of hydrogen-bond acceptors (Lipinski definition) is 3. The predicted octanol–water partition coefficient (Wildman–Crippen LogP) is 4.36. The number of carbonyl (C=O) groups is 1. The quantitative estimate of drug-likeness (QED) is 0.823. The molecule has 1 aromatic carbocycles. The number of aromatic hydroxyl groups is 1. The Balaban J connectivity index is 1.75. The molecule has 1 unspecified atom stereocenters. The van der Waals surface area contributed by atoms with E-state index in [-0.39, 0.29) is 11.9 Å². The molecule has 5 heteroatoms. The van der Waals surface area contributed by atoms with Gasteiger partial charge in [-0.25, -0.2) is 0 Å². The van der Waals surface area contributed by atoms with Crippen molar-refractivity contribution in [2.75, 3.05) is 6.54 Å². The van der Waals surface area contributed by atoms with Crippen LogP contribution in [0.5, 0.6) is 5.75 Å². The topological polar surface area (TPSA) is 58.4 Å². The van der Waals surface area contributed by atoms with Gasteiger partial charge in [0, 0.05) is 19.1 Å². The highest BCUT2D eigenvalue weighted by molar-refractivity contribution is 5.93. The molecule has 27 heavy (non-hydrogen) atoms. The number of nitrogens with zero attached hydrogens (tertiary/aromatic N) is 3. The predicted molar refractivity (Wildman–Crippen MR) is 107 cm³/mol. The van der Waals surface area contributed by atoms with E-state index in [9.17, 15) is 9.90 Å². The molecule has 0 bridgehead atoms. The fourth-order valence-electron chi connectivity index (χ4n) is 3.89. The highest BCUT2D eigenvalue weighted by Gasteiger charge is 2.29. The lowest BCUT2D eigenvalue weighted by molar-refractivity contribution is 0.0589. The number of piperidine rings is 1. The molecule has 1 atom stereocenters. The van der Waals surface area contributed by atoms with Crippen molar-refractivity contribution >= 4 is 5.91 Å². The van der Waals surface area contributed by atoms with Gasteiger partial charge in [-0.05, 0) is 68.7 Å². The number of aryl methyl sites for hydroxylation is 2. The molecule has 1 aliphatic heterocycles. The van der Waals surface area contributed by atoms with Gasteiger partial charge in [0.1, 0.15) is 11.4 Å². The summed E-state index contributed by atoms with van der Waals surface area (Å²) in [5.41, 5.74) is 2.81. The lowest BCUT2D eigenvalue weighted by Crippen LogP contribution is -2.44. The maximum absolute atomic E-state index is 13.3. The zero-order chi connectivity index (χ0) is 19.4. The van der Waals surface area contributed by atoms with Crippen LogP contribution in [0.3, 0.4) is 0 Å². The summed E-state index contributed by atoms with van der Waals surface area (Å²) in [4.78, 5) is 15.4. The van der Waals surface area contributed by atoms with Crippen LogP contribution < -0.4 is 0 Å². The third-order valence-electron chi connectivity index (χ3n) is 5.47. The number of amides is 1. The summed E-state index contributed by atoms with van der Waals surface area (Å²) in [5, 5.41) is 14.3. The fraction of sp³-hybridized carbons (Fsp3) is 0.545. The van der Waals surface area contributed by atoms with E-state index >= 15 is 0 Å². The van der Waals surface area contributed by atoms with E-state index < -0.39 is 0 Å². The van der Waals surface area contributed by atoms with Gasteiger partial charge in [-0.1, -0.05) is 26.0 Å². The van der Waals surface area contributed by atoms with Gasteiger partial charge in [-0.15, -0.1) is 0 Å². The summed E-state index contributed by atoms with van der Waals surface area (Å²) >= 11 is 0. The SMILES string of the molecule is CCn1nc(C(C)C)cc1C(=O)N1CCCCC1CCc1cccc(O)c1. The van der Waals surface area contributed by atoms with Crippen LogP contribution in [0.4, 0.5) is 0 Å². The summed E-state index contributed by atoms with van der Waals surface area (Å²) in [7, 11) is 0. The summed E-state index contributed by atoms with van der Waals surface area (Å²) in [6.45, 7) is 7.76. The molecule has 1 aromatic heterocycles. The first-order chi connectivity index (χ1) is 13.0. The number of aromatic nitrogens is 2. The number of phenolic OH excluding ortho intramolecular Hbond substituents is 1. The molecule has 1 saturated heterocycles. The molecule has 1 N–H and O–H groups in total. The number of rotatable bonds is 6. The van der Waals surface area contributed by atoms with Crippen LogP contribution in [-0.4, -0.2) is 38.3 Å². The van der Waals surface area contributed by atoms with Crippen molar-refractivity contribution in [2.45, 2.75) is 71.4 Å². The van der Waals surface area contributed by atoms with Crippen molar-refractivity contribution in [3.63, 3.8) is 0 Å². The minimum absolute atomic E-state index is 0.108. The van der Waals surface area contributed by atoms with E-state index in [0.717, 1.165) is 43.5 Å². The first-order valence-corrected chi connectivity index (χ1v) is 10.2. The molecular formula is C22H31N3O2. The van der Waals surface area contributed by atoms with Crippen molar-refractivity contribution in [3.05, 3.63) is 47.3 Å². The second kappa shape index (κ2) is 8.59. The van der Waals surface area contributed by atoms with Gasteiger partial charge in [-0.2, -0.15) is 5.10 Å². The lowest BCUT2D eigenvalue weighted by atomic mass is 9.95. The maximum atomic E-state index is 13.3. The number of carbonyl (C=O) groups excluding carboxylic acids is 1. The molecule has 5 nitrogen and oxygen atoms in total. The standard InChI is InChI=1S/C22H31N3O2/c1-4-25-21(15-20(23-25)16(2)3)22(27)24-13-6-5-9-18(24)12-11-17-8-7-10-19(26)14-17/h7-8,10,14-16,18,26H,4-6,9,11-13H2,1-3H3. The van der Waals surface area contributed by atoms with E-state index in [0.29, 0.717) is 23.9 Å². The number of likely N-dealkylation sites (tertiary alicyclic amines) is 1. The number of hydrogen-bond donors (Lipinski definition) is 1. The van der Waals surface area contributed by atoms with E-state index in [1.165, 1.54) is 6.42 Å². The van der Waals surface area contributed by atoms with Crippen molar-refractivity contribution < 1.29 is 9.90 Å². The third-order valence-corrected chi connectivity index (χ3v) is 5.47. The molecule has 0 spiro atoms. The summed E-state index contributed by atoms with van der Waals surface area (Å²) < 4.78 is 1.85. The molecule has 1 amide bonds. The van der Waals surface area contributed by atoms with E-state index in [1.54, 1.807) is 6.07 Å². The first-order valence-electron chi connectivity index (χ1n) is 10.2. The average molecular weight is 370 g/mol. The van der Waals surface area contributed by atoms with Crippen molar-refractivity contribution in [1.29, 1.82) is 0 Å². The fourth-order valence-corrected chi connectivity index (χ4v) is 3.89. The molecular weight excluding hydrogens is 338 g/mol. The molecule has 1 aliphatic rings. The molecule has 2 heterocycles. The number of benzene rings is 1. The van der Waals surface area contributed by atoms with Gasteiger partial charge < -0.3 is 10.0 Å². The Bertz CT molecular complexity index is 782. The maximum Gasteiger partial charge on any atom is 0.272 e. The van der Waals surface area contributed by atoms with Gasteiger partial charge in [0.15, 0.2) is 0 Å². The van der Waals surface area contributed by atoms with Crippen molar-refractivity contribution in [3.8, 4) is 5.75 Å². The van der Waals surface area contributed by atoms with Crippen LogP contribution in [0.15, 0.2) is 30.3 Å². The second-order valence-electron chi connectivity index (χ2n) is 7.78. The first kappa shape index (κ1) is 19.5. The Kier molecular flexibility index (Phi) is 6.19. The van der Waals surface area contributed by atoms with Crippen LogP contribution in [0.25, 0.3) is 0 Å². The second-order valence-corrected chi connectivity index (χ2v) is 7.78. The lowest BCUT2D eigenvalue weighted by Gasteiger charge is -2.36. The van der Waals surface area contributed by atoms with Crippen LogP contribution in [0.2, 0.25) is 0 Å². The molecule has 146 valence electrons. The summed E-state index contributed by atoms with van der Waals surface area (Å²) in [5.74, 6) is 0.723. The van der Waals surface area contributed by atoms with E-state index in [1.807, 2.05) is 35.9 Å². The van der Waals surface area contributed by atoms with Gasteiger partial charge >= 0.3 is 0 Å². The zero-order valence-electron chi connectivity index (χ0n) is 16.7. The van der Waals surface area contributed by atoms with Crippen LogP contribution >= 0.6 is 0 Å². The Labute approximate surface area is 162 Å². The molecule has 3 rings (SSSR count). The van der Waals surface area contributed by atoms with Crippen molar-refractivity contribution in [1.82, 2.24) is 14.7 Å². The molecule has 0 radical (unpaired) electrons. The van der Waals surface area contributed by atoms with Crippen molar-refractivity contribution in [2.24, 2.45) is 0 Å². The smallest absolute Gasteiger partial charge is 0.272 e. The molecule has 1 fully saturated rings. The largest absolute Gasteiger partial charge is 0.508 e. The Morgan fingerprint density at radius 3 is 2.81 bits per heavy atom. The number of phenols is 1. The third kappa shape index (κ3) is 4.52. The minimum atomic E-state index is 0.108. The Morgan fingerprint density at radius 2 is 2.11 bits per heavy atom. The van der Waals surface area contributed by atoms with Gasteiger partial charge in [0.25, 0.3) is 5.91 Å². The zero-order valence-corrected chi connectivity index (χ0v) is 16.7. The van der Waals surface area contributed by atoms with Crippen LogP contribution in [0, 0.1) is 0 Å². The van der Waals surface area contributed by atoms with Gasteiger partial charge in [0.2, 0.25) is 0 Å². The monoisotopic (exact) mass is 369 g/mol. The minimum Gasteiger partial charge on any atom is -0.508 e. The highest BCUT2D eigenvalue weighted by atomic mass is 16.3. The Morgan fingerprint density at radius 1 is 1.30 bits per heavy atom. The summed E-state index contributed by atoms with van der Waals surface area (Å²) in [6, 6.07) is 9.64. The normalized spacial score (nSPS) is 17.5. The highest BCUT2D eigenvalue weighted by Crippen LogP contribution is 2.25. The van der Waals surface area contributed by atoms with Crippen LogP contribution in [0.1, 0.15) is 74.1 Å². The van der Waals surface area contributed by atoms with Crippen LogP contribution in [-0.2, 0) is 13.0 Å². The molecule has 2 aromatic rings. The van der Waals surface area contributed by atoms with Gasteiger partial charge in [0.05, 0.1) is 5.69 Å². The summed E-state index contributed by atoms with van der Waals surface area (Å²) in [6.07, 6.45) is 5.06. The molecule has 0 saturated carbocycles. The van der Waals surface area contributed by atoms with E-state index in [2.05, 4.69) is 23.8 Å². The molecule has 0 aliphatic carbocycles. The Hall–Kier alpha value is -2.30. The van der Waals surface area contributed by atoms with Gasteiger partial charge in [-0.3, -0.25) is 9.48 Å². The average Bonchev–Trinajstić information content (AvgIpc) is 3.11.